The van der Waals surface area contributed by atoms with Gasteiger partial charge in [0.1, 0.15) is 5.75 Å². The lowest BCUT2D eigenvalue weighted by Crippen LogP contribution is -2.31. The largest absolute Gasteiger partial charge is 0.496 e. The molecule has 1 amide bonds. The van der Waals surface area contributed by atoms with E-state index in [1.54, 1.807) is 19.2 Å². The molecule has 0 aliphatic carbocycles. The SMILES string of the molecule is COc1ccccc1CC(=O)OCC(=O)N[C@@H](C)c1cccc2ccccc12. The lowest BCUT2D eigenvalue weighted by atomic mass is 10.00. The van der Waals surface area contributed by atoms with Crippen molar-refractivity contribution in [1.29, 1.82) is 0 Å². The van der Waals surface area contributed by atoms with Gasteiger partial charge >= 0.3 is 5.97 Å². The Bertz CT molecular complexity index is 978. The van der Waals surface area contributed by atoms with Crippen LogP contribution in [0, 0.1) is 0 Å². The standard InChI is InChI=1S/C23H23NO4/c1-16(19-12-7-10-17-8-3-5-11-20(17)19)24-22(25)15-28-23(26)14-18-9-4-6-13-21(18)27-2/h3-13,16H,14-15H2,1-2H3,(H,24,25)/t16-/m0/s1. The number of fused-ring (bicyclic) bond motifs is 1. The highest BCUT2D eigenvalue weighted by atomic mass is 16.5. The first kappa shape index (κ1) is 19.4. The molecule has 3 rings (SSSR count). The van der Waals surface area contributed by atoms with Crippen molar-refractivity contribution < 1.29 is 19.1 Å². The van der Waals surface area contributed by atoms with Crippen molar-refractivity contribution in [1.82, 2.24) is 5.32 Å². The summed E-state index contributed by atoms with van der Waals surface area (Å²) in [6.45, 7) is 1.60. The lowest BCUT2D eigenvalue weighted by Gasteiger charge is -2.16. The molecule has 0 saturated heterocycles. The Morgan fingerprint density at radius 3 is 2.50 bits per heavy atom. The average molecular weight is 377 g/mol. The molecule has 0 heterocycles. The average Bonchev–Trinajstić information content (AvgIpc) is 2.72. The minimum Gasteiger partial charge on any atom is -0.496 e. The molecule has 1 N–H and O–H groups in total. The number of ether oxygens (including phenoxy) is 2. The second-order valence-corrected chi connectivity index (χ2v) is 6.51. The molecular weight excluding hydrogens is 354 g/mol. The zero-order valence-electron chi connectivity index (χ0n) is 16.0. The van der Waals surface area contributed by atoms with Gasteiger partial charge in [0.25, 0.3) is 5.91 Å². The predicted molar refractivity (Wildman–Crippen MR) is 108 cm³/mol. The van der Waals surface area contributed by atoms with E-state index in [1.165, 1.54) is 0 Å². The summed E-state index contributed by atoms with van der Waals surface area (Å²) in [6.07, 6.45) is 0.0518. The number of carbonyl (C=O) groups is 2. The number of nitrogens with one attached hydrogen (secondary N) is 1. The first-order valence-electron chi connectivity index (χ1n) is 9.13. The van der Waals surface area contributed by atoms with Gasteiger partial charge in [0.15, 0.2) is 6.61 Å². The fourth-order valence-corrected chi connectivity index (χ4v) is 3.19. The minimum absolute atomic E-state index is 0.0518. The Morgan fingerprint density at radius 2 is 1.68 bits per heavy atom. The smallest absolute Gasteiger partial charge is 0.310 e. The molecule has 0 unspecified atom stereocenters. The summed E-state index contributed by atoms with van der Waals surface area (Å²) in [5, 5.41) is 5.09. The molecule has 28 heavy (non-hydrogen) atoms. The van der Waals surface area contributed by atoms with Crippen LogP contribution in [-0.2, 0) is 20.7 Å². The fourth-order valence-electron chi connectivity index (χ4n) is 3.19. The number of hydrogen-bond donors (Lipinski definition) is 1. The zero-order valence-corrected chi connectivity index (χ0v) is 16.0. The summed E-state index contributed by atoms with van der Waals surface area (Å²) in [4.78, 5) is 24.3. The second kappa shape index (κ2) is 9.04. The highest BCUT2D eigenvalue weighted by Crippen LogP contribution is 2.24. The Kier molecular flexibility index (Phi) is 6.27. The number of hydrogen-bond acceptors (Lipinski definition) is 4. The number of benzene rings is 3. The number of rotatable bonds is 7. The summed E-state index contributed by atoms with van der Waals surface area (Å²) < 4.78 is 10.3. The van der Waals surface area contributed by atoms with Gasteiger partial charge in [-0.2, -0.15) is 0 Å². The molecular formula is C23H23NO4. The maximum absolute atomic E-state index is 12.2. The van der Waals surface area contributed by atoms with Crippen molar-refractivity contribution in [3.8, 4) is 5.75 Å². The number of esters is 1. The molecule has 3 aromatic rings. The number of methoxy groups -OCH3 is 1. The predicted octanol–water partition coefficient (Wildman–Crippen LogP) is 3.81. The van der Waals surface area contributed by atoms with Gasteiger partial charge in [0, 0.05) is 5.56 Å². The van der Waals surface area contributed by atoms with Gasteiger partial charge in [-0.25, -0.2) is 0 Å². The zero-order chi connectivity index (χ0) is 19.9. The molecule has 3 aromatic carbocycles. The van der Waals surface area contributed by atoms with Gasteiger partial charge in [-0.3, -0.25) is 9.59 Å². The van der Waals surface area contributed by atoms with Crippen LogP contribution in [-0.4, -0.2) is 25.6 Å². The van der Waals surface area contributed by atoms with Gasteiger partial charge in [0.05, 0.1) is 19.6 Å². The molecule has 144 valence electrons. The van der Waals surface area contributed by atoms with Crippen LogP contribution in [0.4, 0.5) is 0 Å². The fraction of sp³-hybridized carbons (Fsp3) is 0.217. The summed E-state index contributed by atoms with van der Waals surface area (Å²) in [5.41, 5.74) is 1.74. The van der Waals surface area contributed by atoms with Crippen molar-refractivity contribution in [2.45, 2.75) is 19.4 Å². The second-order valence-electron chi connectivity index (χ2n) is 6.51. The van der Waals surface area contributed by atoms with Gasteiger partial charge in [-0.05, 0) is 29.3 Å². The minimum atomic E-state index is -0.475. The Hall–Kier alpha value is -3.34. The monoisotopic (exact) mass is 377 g/mol. The van der Waals surface area contributed by atoms with E-state index in [2.05, 4.69) is 5.32 Å². The lowest BCUT2D eigenvalue weighted by molar-refractivity contribution is -0.148. The number of carbonyl (C=O) groups excluding carboxylic acids is 2. The van der Waals surface area contributed by atoms with Crippen LogP contribution < -0.4 is 10.1 Å². The van der Waals surface area contributed by atoms with Gasteiger partial charge in [-0.1, -0.05) is 60.7 Å². The summed E-state index contributed by atoms with van der Waals surface area (Å²) in [6, 6.07) is 21.0. The summed E-state index contributed by atoms with van der Waals surface area (Å²) in [7, 11) is 1.55. The van der Waals surface area contributed by atoms with Crippen molar-refractivity contribution in [2.24, 2.45) is 0 Å². The number of amides is 1. The van der Waals surface area contributed by atoms with Crippen LogP contribution in [0.15, 0.2) is 66.7 Å². The van der Waals surface area contributed by atoms with Gasteiger partial charge in [0.2, 0.25) is 0 Å². The first-order valence-corrected chi connectivity index (χ1v) is 9.13. The third kappa shape index (κ3) is 4.68. The molecule has 0 fully saturated rings. The van der Waals surface area contributed by atoms with E-state index in [1.807, 2.05) is 61.5 Å². The quantitative estimate of drug-likeness (QED) is 0.636. The Morgan fingerprint density at radius 1 is 0.964 bits per heavy atom. The highest BCUT2D eigenvalue weighted by Gasteiger charge is 2.15. The molecule has 0 bridgehead atoms. The first-order chi connectivity index (χ1) is 13.6. The molecule has 0 aromatic heterocycles. The molecule has 5 heteroatoms. The van der Waals surface area contributed by atoms with E-state index < -0.39 is 5.97 Å². The van der Waals surface area contributed by atoms with E-state index >= 15 is 0 Å². The molecule has 5 nitrogen and oxygen atoms in total. The van der Waals surface area contributed by atoms with Crippen molar-refractivity contribution >= 4 is 22.6 Å². The van der Waals surface area contributed by atoms with Crippen LogP contribution in [0.2, 0.25) is 0 Å². The molecule has 0 aliphatic rings. The van der Waals surface area contributed by atoms with E-state index in [0.717, 1.165) is 21.9 Å². The van der Waals surface area contributed by atoms with Crippen LogP contribution in [0.1, 0.15) is 24.1 Å². The maximum atomic E-state index is 12.2. The summed E-state index contributed by atoms with van der Waals surface area (Å²) in [5.74, 6) is -0.195. The molecule has 0 radical (unpaired) electrons. The molecule has 1 atom stereocenters. The van der Waals surface area contributed by atoms with Crippen LogP contribution in [0.3, 0.4) is 0 Å². The summed E-state index contributed by atoms with van der Waals surface area (Å²) >= 11 is 0. The van der Waals surface area contributed by atoms with E-state index in [0.29, 0.717) is 5.75 Å². The van der Waals surface area contributed by atoms with Crippen LogP contribution in [0.25, 0.3) is 10.8 Å². The van der Waals surface area contributed by atoms with E-state index in [-0.39, 0.29) is 25.0 Å². The van der Waals surface area contributed by atoms with Gasteiger partial charge in [-0.15, -0.1) is 0 Å². The normalized spacial score (nSPS) is 11.6. The van der Waals surface area contributed by atoms with E-state index in [9.17, 15) is 9.59 Å². The van der Waals surface area contributed by atoms with Crippen LogP contribution in [0.5, 0.6) is 5.75 Å². The van der Waals surface area contributed by atoms with Crippen LogP contribution >= 0.6 is 0 Å². The van der Waals surface area contributed by atoms with Crippen molar-refractivity contribution in [2.75, 3.05) is 13.7 Å². The topological polar surface area (TPSA) is 64.6 Å². The van der Waals surface area contributed by atoms with E-state index in [4.69, 9.17) is 9.47 Å². The third-order valence-corrected chi connectivity index (χ3v) is 4.56. The molecule has 0 aliphatic heterocycles. The Balaban J connectivity index is 1.56. The van der Waals surface area contributed by atoms with Crippen molar-refractivity contribution in [3.63, 3.8) is 0 Å². The van der Waals surface area contributed by atoms with Crippen molar-refractivity contribution in [3.05, 3.63) is 77.9 Å². The molecule has 0 spiro atoms. The third-order valence-electron chi connectivity index (χ3n) is 4.56. The maximum Gasteiger partial charge on any atom is 0.310 e. The highest BCUT2D eigenvalue weighted by molar-refractivity contribution is 5.87. The molecule has 0 saturated carbocycles. The Labute approximate surface area is 164 Å². The van der Waals surface area contributed by atoms with Gasteiger partial charge < -0.3 is 14.8 Å². The number of para-hydroxylation sites is 1.